The molecule has 1 aliphatic rings. The van der Waals surface area contributed by atoms with Crippen molar-refractivity contribution in [1.29, 1.82) is 0 Å². The zero-order valence-corrected chi connectivity index (χ0v) is 12.2. The Balaban J connectivity index is 1.90. The number of benzene rings is 1. The standard InChI is InChI=1S/C16H17ClN2O/c1-10-9-19-4-2-14(10)15(18)8-12-7-13(17)6-11-3-5-20-16(11)12/h2,4,6-7,9,15H,3,5,8,18H2,1H3. The first-order chi connectivity index (χ1) is 9.65. The number of aryl methyl sites for hydroxylation is 1. The average Bonchev–Trinajstić information content (AvgIpc) is 2.87. The molecule has 20 heavy (non-hydrogen) atoms. The molecule has 2 N–H and O–H groups in total. The fourth-order valence-corrected chi connectivity index (χ4v) is 3.01. The molecule has 1 aromatic heterocycles. The number of nitrogens with two attached hydrogens (primary N) is 1. The topological polar surface area (TPSA) is 48.1 Å². The van der Waals surface area contributed by atoms with Gasteiger partial charge in [-0.05, 0) is 53.8 Å². The Morgan fingerprint density at radius 3 is 3.10 bits per heavy atom. The minimum absolute atomic E-state index is 0.0789. The SMILES string of the molecule is Cc1cnccc1C(N)Cc1cc(Cl)cc2c1OCC2. The zero-order valence-electron chi connectivity index (χ0n) is 11.4. The van der Waals surface area contributed by atoms with Crippen LogP contribution in [0.25, 0.3) is 0 Å². The first-order valence-corrected chi connectivity index (χ1v) is 7.13. The maximum Gasteiger partial charge on any atom is 0.125 e. The van der Waals surface area contributed by atoms with Gasteiger partial charge in [0.2, 0.25) is 0 Å². The summed E-state index contributed by atoms with van der Waals surface area (Å²) in [6.45, 7) is 2.76. The maximum atomic E-state index is 6.35. The van der Waals surface area contributed by atoms with Crippen LogP contribution in [0.1, 0.15) is 28.3 Å². The van der Waals surface area contributed by atoms with E-state index in [1.807, 2.05) is 31.3 Å². The lowest BCUT2D eigenvalue weighted by Crippen LogP contribution is -2.15. The molecule has 0 saturated carbocycles. The molecule has 1 aromatic carbocycles. The van der Waals surface area contributed by atoms with Gasteiger partial charge in [-0.2, -0.15) is 0 Å². The van der Waals surface area contributed by atoms with Crippen LogP contribution in [0.5, 0.6) is 5.75 Å². The normalized spacial score (nSPS) is 14.8. The summed E-state index contributed by atoms with van der Waals surface area (Å²) in [5.41, 5.74) is 10.9. The molecule has 1 aliphatic heterocycles. The number of nitrogens with zero attached hydrogens (tertiary/aromatic N) is 1. The van der Waals surface area contributed by atoms with Gasteiger partial charge in [-0.1, -0.05) is 11.6 Å². The van der Waals surface area contributed by atoms with Crippen LogP contribution in [0, 0.1) is 6.92 Å². The minimum atomic E-state index is -0.0789. The second-order valence-electron chi connectivity index (χ2n) is 5.19. The molecule has 2 heterocycles. The second kappa shape index (κ2) is 5.43. The fraction of sp³-hybridized carbons (Fsp3) is 0.312. The Kier molecular flexibility index (Phi) is 3.64. The summed E-state index contributed by atoms with van der Waals surface area (Å²) in [5, 5.41) is 0.753. The summed E-state index contributed by atoms with van der Waals surface area (Å²) in [6, 6.07) is 5.84. The maximum absolute atomic E-state index is 6.35. The van der Waals surface area contributed by atoms with E-state index in [1.54, 1.807) is 6.20 Å². The van der Waals surface area contributed by atoms with Gasteiger partial charge in [0.05, 0.1) is 6.61 Å². The third kappa shape index (κ3) is 2.51. The third-order valence-electron chi connectivity index (χ3n) is 3.73. The van der Waals surface area contributed by atoms with E-state index in [-0.39, 0.29) is 6.04 Å². The predicted octanol–water partition coefficient (Wildman–Crippen LogP) is 3.22. The number of aromatic nitrogens is 1. The van der Waals surface area contributed by atoms with Crippen molar-refractivity contribution in [3.05, 3.63) is 57.9 Å². The van der Waals surface area contributed by atoms with Crippen molar-refractivity contribution in [2.75, 3.05) is 6.61 Å². The Hall–Kier alpha value is -1.58. The summed E-state index contributed by atoms with van der Waals surface area (Å²) in [5.74, 6) is 0.969. The highest BCUT2D eigenvalue weighted by atomic mass is 35.5. The fourth-order valence-electron chi connectivity index (χ4n) is 2.74. The van der Waals surface area contributed by atoms with E-state index < -0.39 is 0 Å². The van der Waals surface area contributed by atoms with Crippen LogP contribution >= 0.6 is 11.6 Å². The van der Waals surface area contributed by atoms with Crippen molar-refractivity contribution in [3.63, 3.8) is 0 Å². The molecule has 0 fully saturated rings. The van der Waals surface area contributed by atoms with Gasteiger partial charge in [-0.15, -0.1) is 0 Å². The largest absolute Gasteiger partial charge is 0.493 e. The molecule has 1 atom stereocenters. The van der Waals surface area contributed by atoms with Crippen LogP contribution in [-0.2, 0) is 12.8 Å². The Labute approximate surface area is 123 Å². The monoisotopic (exact) mass is 288 g/mol. The lowest BCUT2D eigenvalue weighted by atomic mass is 9.96. The number of hydrogen-bond donors (Lipinski definition) is 1. The lowest BCUT2D eigenvalue weighted by molar-refractivity contribution is 0.352. The first-order valence-electron chi connectivity index (χ1n) is 6.75. The average molecular weight is 289 g/mol. The van der Waals surface area contributed by atoms with Crippen molar-refractivity contribution < 1.29 is 4.74 Å². The van der Waals surface area contributed by atoms with E-state index in [9.17, 15) is 0 Å². The molecule has 0 radical (unpaired) electrons. The van der Waals surface area contributed by atoms with Gasteiger partial charge in [0, 0.05) is 29.9 Å². The van der Waals surface area contributed by atoms with Gasteiger partial charge in [0.1, 0.15) is 5.75 Å². The summed E-state index contributed by atoms with van der Waals surface area (Å²) in [4.78, 5) is 4.10. The van der Waals surface area contributed by atoms with Gasteiger partial charge >= 0.3 is 0 Å². The molecule has 0 aliphatic carbocycles. The van der Waals surface area contributed by atoms with E-state index in [0.29, 0.717) is 6.42 Å². The van der Waals surface area contributed by atoms with Crippen molar-refractivity contribution >= 4 is 11.6 Å². The third-order valence-corrected chi connectivity index (χ3v) is 3.95. The van der Waals surface area contributed by atoms with Crippen LogP contribution in [0.3, 0.4) is 0 Å². The Bertz CT molecular complexity index is 642. The number of halogens is 1. The number of pyridine rings is 1. The van der Waals surface area contributed by atoms with E-state index in [0.717, 1.165) is 40.5 Å². The summed E-state index contributed by atoms with van der Waals surface area (Å²) >= 11 is 6.18. The predicted molar refractivity (Wildman–Crippen MR) is 80.3 cm³/mol. The van der Waals surface area contributed by atoms with Crippen molar-refractivity contribution in [2.45, 2.75) is 25.8 Å². The van der Waals surface area contributed by atoms with Crippen LogP contribution in [0.2, 0.25) is 5.02 Å². The highest BCUT2D eigenvalue weighted by molar-refractivity contribution is 6.30. The van der Waals surface area contributed by atoms with E-state index in [2.05, 4.69) is 4.98 Å². The smallest absolute Gasteiger partial charge is 0.125 e. The van der Waals surface area contributed by atoms with E-state index in [4.69, 9.17) is 22.1 Å². The molecular formula is C16H17ClN2O. The van der Waals surface area contributed by atoms with E-state index >= 15 is 0 Å². The molecule has 1 unspecified atom stereocenters. The molecule has 104 valence electrons. The van der Waals surface area contributed by atoms with Crippen LogP contribution in [0.15, 0.2) is 30.6 Å². The first kappa shape index (κ1) is 13.4. The van der Waals surface area contributed by atoms with Gasteiger partial charge in [0.25, 0.3) is 0 Å². The minimum Gasteiger partial charge on any atom is -0.493 e. The second-order valence-corrected chi connectivity index (χ2v) is 5.63. The highest BCUT2D eigenvalue weighted by Crippen LogP contribution is 2.35. The molecule has 4 heteroatoms. The Morgan fingerprint density at radius 1 is 1.45 bits per heavy atom. The van der Waals surface area contributed by atoms with Gasteiger partial charge in [-0.25, -0.2) is 0 Å². The van der Waals surface area contributed by atoms with Gasteiger partial charge < -0.3 is 10.5 Å². The van der Waals surface area contributed by atoms with Crippen molar-refractivity contribution in [1.82, 2.24) is 4.98 Å². The molecule has 0 bridgehead atoms. The van der Waals surface area contributed by atoms with Crippen molar-refractivity contribution in [2.24, 2.45) is 5.73 Å². The van der Waals surface area contributed by atoms with Crippen LogP contribution in [-0.4, -0.2) is 11.6 Å². The van der Waals surface area contributed by atoms with E-state index in [1.165, 1.54) is 5.56 Å². The molecule has 2 aromatic rings. The van der Waals surface area contributed by atoms with Crippen molar-refractivity contribution in [3.8, 4) is 5.75 Å². The highest BCUT2D eigenvalue weighted by Gasteiger charge is 2.20. The van der Waals surface area contributed by atoms with Crippen LogP contribution < -0.4 is 10.5 Å². The van der Waals surface area contributed by atoms with Crippen LogP contribution in [0.4, 0.5) is 0 Å². The molecule has 3 rings (SSSR count). The van der Waals surface area contributed by atoms with Gasteiger partial charge in [-0.3, -0.25) is 4.98 Å². The van der Waals surface area contributed by atoms with Gasteiger partial charge in [0.15, 0.2) is 0 Å². The molecule has 3 nitrogen and oxygen atoms in total. The summed E-state index contributed by atoms with van der Waals surface area (Å²) in [6.07, 6.45) is 5.26. The quantitative estimate of drug-likeness (QED) is 0.943. The number of hydrogen-bond acceptors (Lipinski definition) is 3. The molecule has 0 spiro atoms. The Morgan fingerprint density at radius 2 is 2.30 bits per heavy atom. The molecule has 0 amide bonds. The number of fused-ring (bicyclic) bond motifs is 1. The molecule has 0 saturated heterocycles. The zero-order chi connectivity index (χ0) is 14.1. The number of rotatable bonds is 3. The molecular weight excluding hydrogens is 272 g/mol. The number of ether oxygens (including phenoxy) is 1. The summed E-state index contributed by atoms with van der Waals surface area (Å²) < 4.78 is 5.73. The lowest BCUT2D eigenvalue weighted by Gasteiger charge is -2.16. The summed E-state index contributed by atoms with van der Waals surface area (Å²) in [7, 11) is 0.